The molecule has 0 spiro atoms. The Morgan fingerprint density at radius 1 is 1.16 bits per heavy atom. The van der Waals surface area contributed by atoms with Crippen molar-refractivity contribution in [2.45, 2.75) is 63.6 Å². The van der Waals surface area contributed by atoms with E-state index >= 15 is 0 Å². The first kappa shape index (κ1) is 27.7. The highest BCUT2D eigenvalue weighted by atomic mass is 35.5. The standard InChI is InChI=1S/C26H32ClFN4O6/c1-26(2)11-13(22(33)32-26)8-19(25(36)38-4)31-23(34)17(7-12-5-6-12)30-24(35)18-9-14-20(29-18)16(28)10-15(27)21(14)37-3/h9-10,12-13,17,19,29H,5-8,11H2,1-4H3,(H,30,35)(H,31,34)(H,32,33)/t13-,17+,19+/m1/s1. The fourth-order valence-electron chi connectivity index (χ4n) is 4.98. The monoisotopic (exact) mass is 550 g/mol. The quantitative estimate of drug-likeness (QED) is 0.336. The first-order valence-electron chi connectivity index (χ1n) is 12.5. The van der Waals surface area contributed by atoms with Crippen molar-refractivity contribution in [3.05, 3.63) is 28.7 Å². The Balaban J connectivity index is 1.51. The van der Waals surface area contributed by atoms with Crippen LogP contribution in [0.4, 0.5) is 4.39 Å². The molecule has 2 heterocycles. The lowest BCUT2D eigenvalue weighted by Gasteiger charge is -2.23. The Morgan fingerprint density at radius 3 is 2.45 bits per heavy atom. The maximum atomic E-state index is 14.5. The number of amides is 3. The van der Waals surface area contributed by atoms with Crippen LogP contribution in [0.3, 0.4) is 0 Å². The topological polar surface area (TPSA) is 139 Å². The van der Waals surface area contributed by atoms with Crippen molar-refractivity contribution < 1.29 is 33.0 Å². The molecule has 4 rings (SSSR count). The maximum Gasteiger partial charge on any atom is 0.328 e. The molecule has 38 heavy (non-hydrogen) atoms. The van der Waals surface area contributed by atoms with Crippen molar-refractivity contribution >= 4 is 46.2 Å². The molecule has 4 N–H and O–H groups in total. The van der Waals surface area contributed by atoms with Crippen molar-refractivity contribution in [1.29, 1.82) is 0 Å². The first-order valence-corrected chi connectivity index (χ1v) is 12.9. The van der Waals surface area contributed by atoms with Crippen LogP contribution in [0.25, 0.3) is 10.9 Å². The summed E-state index contributed by atoms with van der Waals surface area (Å²) in [5, 5.41) is 8.61. The van der Waals surface area contributed by atoms with Gasteiger partial charge in [-0.1, -0.05) is 24.4 Å². The predicted octanol–water partition coefficient (Wildman–Crippen LogP) is 2.83. The van der Waals surface area contributed by atoms with Gasteiger partial charge in [0.05, 0.1) is 24.8 Å². The molecule has 0 bridgehead atoms. The van der Waals surface area contributed by atoms with Gasteiger partial charge in [-0.2, -0.15) is 0 Å². The molecule has 3 amide bonds. The predicted molar refractivity (Wildman–Crippen MR) is 137 cm³/mol. The zero-order valence-corrected chi connectivity index (χ0v) is 22.5. The summed E-state index contributed by atoms with van der Waals surface area (Å²) in [6.45, 7) is 3.77. The van der Waals surface area contributed by atoms with Gasteiger partial charge >= 0.3 is 5.97 Å². The third-order valence-electron chi connectivity index (χ3n) is 7.02. The Kier molecular flexibility index (Phi) is 7.87. The van der Waals surface area contributed by atoms with Crippen LogP contribution in [-0.4, -0.2) is 60.5 Å². The van der Waals surface area contributed by atoms with Crippen LogP contribution in [0.2, 0.25) is 5.02 Å². The zero-order valence-electron chi connectivity index (χ0n) is 21.7. The van der Waals surface area contributed by atoms with Gasteiger partial charge < -0.3 is 30.4 Å². The number of methoxy groups -OCH3 is 2. The second-order valence-electron chi connectivity index (χ2n) is 10.6. The lowest BCUT2D eigenvalue weighted by molar-refractivity contribution is -0.146. The van der Waals surface area contributed by atoms with Crippen molar-refractivity contribution in [3.63, 3.8) is 0 Å². The average molecular weight is 551 g/mol. The summed E-state index contributed by atoms with van der Waals surface area (Å²) in [6.07, 6.45) is 2.78. The smallest absolute Gasteiger partial charge is 0.328 e. The summed E-state index contributed by atoms with van der Waals surface area (Å²) in [7, 11) is 2.59. The summed E-state index contributed by atoms with van der Waals surface area (Å²) in [5.41, 5.74) is -0.355. The molecule has 0 unspecified atom stereocenters. The molecule has 1 aromatic carbocycles. The number of carbonyl (C=O) groups is 4. The Labute approximate surface area is 224 Å². The number of ether oxygens (including phenoxy) is 2. The largest absolute Gasteiger partial charge is 0.494 e. The zero-order chi connectivity index (χ0) is 27.8. The van der Waals surface area contributed by atoms with E-state index in [-0.39, 0.29) is 45.6 Å². The van der Waals surface area contributed by atoms with Crippen LogP contribution in [0.1, 0.15) is 56.4 Å². The number of halogens is 2. The van der Waals surface area contributed by atoms with Crippen LogP contribution < -0.4 is 20.7 Å². The summed E-state index contributed by atoms with van der Waals surface area (Å²) in [5.74, 6) is -2.74. The molecule has 1 aromatic heterocycles. The van der Waals surface area contributed by atoms with E-state index in [0.717, 1.165) is 18.9 Å². The van der Waals surface area contributed by atoms with Gasteiger partial charge in [0.15, 0.2) is 0 Å². The normalized spacial score (nSPS) is 19.9. The van der Waals surface area contributed by atoms with Crippen LogP contribution in [0.5, 0.6) is 5.75 Å². The van der Waals surface area contributed by atoms with E-state index in [1.807, 2.05) is 13.8 Å². The van der Waals surface area contributed by atoms with E-state index in [0.29, 0.717) is 12.8 Å². The molecule has 1 aliphatic heterocycles. The Bertz CT molecular complexity index is 1270. The fraction of sp³-hybridized carbons (Fsp3) is 0.538. The van der Waals surface area contributed by atoms with Gasteiger partial charge in [-0.15, -0.1) is 0 Å². The van der Waals surface area contributed by atoms with E-state index < -0.39 is 47.1 Å². The second kappa shape index (κ2) is 10.8. The minimum atomic E-state index is -1.07. The van der Waals surface area contributed by atoms with Gasteiger partial charge in [0.2, 0.25) is 11.8 Å². The number of hydrogen-bond donors (Lipinski definition) is 4. The van der Waals surface area contributed by atoms with Gasteiger partial charge in [0, 0.05) is 16.8 Å². The number of benzene rings is 1. The number of hydrogen-bond acceptors (Lipinski definition) is 6. The minimum absolute atomic E-state index is 0.0161. The van der Waals surface area contributed by atoms with Crippen molar-refractivity contribution in [1.82, 2.24) is 20.9 Å². The van der Waals surface area contributed by atoms with E-state index in [4.69, 9.17) is 21.1 Å². The number of aromatic nitrogens is 1. The molecule has 1 saturated carbocycles. The number of fused-ring (bicyclic) bond motifs is 1. The van der Waals surface area contributed by atoms with E-state index in [1.165, 1.54) is 20.3 Å². The molecule has 1 saturated heterocycles. The second-order valence-corrected chi connectivity index (χ2v) is 11.1. The number of aromatic amines is 1. The number of carbonyl (C=O) groups excluding carboxylic acids is 4. The molecule has 10 nitrogen and oxygen atoms in total. The van der Waals surface area contributed by atoms with Crippen LogP contribution in [0, 0.1) is 17.7 Å². The third kappa shape index (κ3) is 6.03. The number of nitrogens with one attached hydrogen (secondary N) is 4. The van der Waals surface area contributed by atoms with Gasteiger partial charge in [0.25, 0.3) is 5.91 Å². The van der Waals surface area contributed by atoms with Gasteiger partial charge in [0.1, 0.15) is 29.3 Å². The van der Waals surface area contributed by atoms with Gasteiger partial charge in [-0.05, 0) is 51.2 Å². The number of esters is 1. The molecule has 206 valence electrons. The molecular weight excluding hydrogens is 519 g/mol. The lowest BCUT2D eigenvalue weighted by Crippen LogP contribution is -2.52. The van der Waals surface area contributed by atoms with Crippen molar-refractivity contribution in [3.8, 4) is 5.75 Å². The van der Waals surface area contributed by atoms with E-state index in [2.05, 4.69) is 20.9 Å². The van der Waals surface area contributed by atoms with E-state index in [9.17, 15) is 23.6 Å². The molecule has 2 fully saturated rings. The minimum Gasteiger partial charge on any atom is -0.494 e. The van der Waals surface area contributed by atoms with Crippen molar-refractivity contribution in [2.24, 2.45) is 11.8 Å². The SMILES string of the molecule is COC(=O)[C@H](C[C@@H]1CC(C)(C)NC1=O)NC(=O)[C@H](CC1CC1)NC(=O)c1cc2c(OC)c(Cl)cc(F)c2[nH]1. The van der Waals surface area contributed by atoms with Gasteiger partial charge in [-0.3, -0.25) is 14.4 Å². The van der Waals surface area contributed by atoms with Crippen LogP contribution >= 0.6 is 11.6 Å². The molecule has 1 aliphatic carbocycles. The number of rotatable bonds is 10. The van der Waals surface area contributed by atoms with Crippen LogP contribution in [-0.2, 0) is 19.1 Å². The fourth-order valence-corrected chi connectivity index (χ4v) is 5.26. The van der Waals surface area contributed by atoms with Crippen LogP contribution in [0.15, 0.2) is 12.1 Å². The molecule has 2 aliphatic rings. The highest BCUT2D eigenvalue weighted by molar-refractivity contribution is 6.33. The molecular formula is C26H32ClFN4O6. The summed E-state index contributed by atoms with van der Waals surface area (Å²) in [6, 6.07) is 0.465. The summed E-state index contributed by atoms with van der Waals surface area (Å²) >= 11 is 6.06. The van der Waals surface area contributed by atoms with Crippen molar-refractivity contribution in [2.75, 3.05) is 14.2 Å². The molecule has 2 aromatic rings. The Hall–Kier alpha value is -3.34. The van der Waals surface area contributed by atoms with Gasteiger partial charge in [-0.25, -0.2) is 9.18 Å². The molecule has 3 atom stereocenters. The molecule has 12 heteroatoms. The third-order valence-corrected chi connectivity index (χ3v) is 7.30. The highest BCUT2D eigenvalue weighted by Gasteiger charge is 2.41. The Morgan fingerprint density at radius 2 is 1.87 bits per heavy atom. The summed E-state index contributed by atoms with van der Waals surface area (Å²) in [4.78, 5) is 54.1. The maximum absolute atomic E-state index is 14.5. The van der Waals surface area contributed by atoms with E-state index in [1.54, 1.807) is 0 Å². The number of H-pyrrole nitrogens is 1. The molecule has 0 radical (unpaired) electrons. The highest BCUT2D eigenvalue weighted by Crippen LogP contribution is 2.36. The summed E-state index contributed by atoms with van der Waals surface area (Å²) < 4.78 is 24.6. The first-order chi connectivity index (χ1) is 17.9. The average Bonchev–Trinajstić information content (AvgIpc) is 3.48. The lowest BCUT2D eigenvalue weighted by atomic mass is 9.91.